The van der Waals surface area contributed by atoms with Gasteiger partial charge in [-0.25, -0.2) is 0 Å². The third-order valence-electron chi connectivity index (χ3n) is 3.85. The molecule has 0 aromatic carbocycles. The molecule has 0 aromatic rings. The van der Waals surface area contributed by atoms with Crippen molar-refractivity contribution in [1.29, 1.82) is 0 Å². The summed E-state index contributed by atoms with van der Waals surface area (Å²) in [5, 5.41) is 19.4. The molecule has 0 unspecified atom stereocenters. The highest BCUT2D eigenvalue weighted by Crippen LogP contribution is 2.58. The van der Waals surface area contributed by atoms with Crippen LogP contribution in [0.1, 0.15) is 20.3 Å². The molecule has 0 amide bonds. The van der Waals surface area contributed by atoms with Crippen molar-refractivity contribution >= 4 is 0 Å². The van der Waals surface area contributed by atoms with E-state index in [1.807, 2.05) is 0 Å². The van der Waals surface area contributed by atoms with E-state index in [-0.39, 0.29) is 29.5 Å². The molecule has 2 saturated carbocycles. The molecule has 4 atom stereocenters. The fourth-order valence-electron chi connectivity index (χ4n) is 2.85. The van der Waals surface area contributed by atoms with E-state index in [1.54, 1.807) is 0 Å². The second-order valence-corrected chi connectivity index (χ2v) is 4.67. The maximum Gasteiger partial charge on any atom is 0.0667 e. The summed E-state index contributed by atoms with van der Waals surface area (Å²) in [4.78, 5) is 0. The second-order valence-electron chi connectivity index (χ2n) is 4.67. The number of hydrogen-bond acceptors (Lipinski definition) is 2. The average molecular weight is 168 g/mol. The molecule has 68 valence electrons. The quantitative estimate of drug-likeness (QED) is 0.528. The molecule has 2 nitrogen and oxygen atoms in total. The molecule has 2 aliphatic carbocycles. The van der Waals surface area contributed by atoms with Gasteiger partial charge in [0.15, 0.2) is 0 Å². The number of fused-ring (bicyclic) bond motifs is 2. The summed E-state index contributed by atoms with van der Waals surface area (Å²) < 4.78 is 0. The van der Waals surface area contributed by atoms with Crippen molar-refractivity contribution in [2.24, 2.45) is 17.3 Å². The van der Waals surface area contributed by atoms with Crippen LogP contribution in [0.4, 0.5) is 0 Å². The number of aliphatic hydroxyl groups excluding tert-OH is 2. The standard InChI is InChI=1S/C10H16O2/c1-5-8-7(11)4-6(9(8)12)10(5,2)3/h6-9,11-12H,1,4H2,2-3H3/t6-,7-,8-,9+/m0/s1. The first kappa shape index (κ1) is 8.27. The van der Waals surface area contributed by atoms with Gasteiger partial charge < -0.3 is 10.2 Å². The van der Waals surface area contributed by atoms with Crippen molar-refractivity contribution in [3.8, 4) is 0 Å². The largest absolute Gasteiger partial charge is 0.392 e. The molecule has 2 bridgehead atoms. The number of hydrogen-bond donors (Lipinski definition) is 2. The van der Waals surface area contributed by atoms with Crippen LogP contribution < -0.4 is 0 Å². The lowest BCUT2D eigenvalue weighted by molar-refractivity contribution is 0.0912. The van der Waals surface area contributed by atoms with Crippen LogP contribution in [0.2, 0.25) is 0 Å². The first-order chi connectivity index (χ1) is 5.46. The SMILES string of the molecule is C=C1[C@@H]2[C@H](O)[C@H](C[C@@H]2O)C1(C)C. The van der Waals surface area contributed by atoms with Crippen molar-refractivity contribution in [2.45, 2.75) is 32.5 Å². The minimum absolute atomic E-state index is 0.0172. The maximum atomic E-state index is 9.78. The van der Waals surface area contributed by atoms with Crippen molar-refractivity contribution < 1.29 is 10.2 Å². The summed E-state index contributed by atoms with van der Waals surface area (Å²) in [7, 11) is 0. The van der Waals surface area contributed by atoms with Crippen LogP contribution in [0, 0.1) is 17.3 Å². The van der Waals surface area contributed by atoms with Crippen molar-refractivity contribution in [1.82, 2.24) is 0 Å². The predicted octanol–water partition coefficient (Wildman–Crippen LogP) is 0.940. The summed E-state index contributed by atoms with van der Waals surface area (Å²) in [6, 6.07) is 0. The monoisotopic (exact) mass is 168 g/mol. The minimum atomic E-state index is -0.359. The van der Waals surface area contributed by atoms with E-state index in [0.717, 1.165) is 12.0 Å². The smallest absolute Gasteiger partial charge is 0.0667 e. The van der Waals surface area contributed by atoms with E-state index in [4.69, 9.17) is 0 Å². The van der Waals surface area contributed by atoms with Crippen LogP contribution in [-0.2, 0) is 0 Å². The van der Waals surface area contributed by atoms with Gasteiger partial charge in [-0.2, -0.15) is 0 Å². The van der Waals surface area contributed by atoms with Crippen molar-refractivity contribution in [3.05, 3.63) is 12.2 Å². The van der Waals surface area contributed by atoms with Crippen LogP contribution in [0.3, 0.4) is 0 Å². The normalized spacial score (nSPS) is 50.2. The van der Waals surface area contributed by atoms with E-state index < -0.39 is 0 Å². The van der Waals surface area contributed by atoms with E-state index in [2.05, 4.69) is 20.4 Å². The highest BCUT2D eigenvalue weighted by molar-refractivity contribution is 5.28. The molecular formula is C10H16O2. The lowest BCUT2D eigenvalue weighted by Gasteiger charge is -2.33. The maximum absolute atomic E-state index is 9.78. The second kappa shape index (κ2) is 2.12. The molecule has 0 aliphatic heterocycles. The molecule has 0 aromatic heterocycles. The Balaban J connectivity index is 2.39. The van der Waals surface area contributed by atoms with Crippen molar-refractivity contribution in [3.63, 3.8) is 0 Å². The van der Waals surface area contributed by atoms with Crippen LogP contribution in [0.25, 0.3) is 0 Å². The third-order valence-corrected chi connectivity index (χ3v) is 3.85. The van der Waals surface area contributed by atoms with Crippen LogP contribution in [-0.4, -0.2) is 22.4 Å². The Hall–Kier alpha value is -0.340. The molecule has 0 saturated heterocycles. The van der Waals surface area contributed by atoms with E-state index in [9.17, 15) is 10.2 Å². The zero-order valence-corrected chi connectivity index (χ0v) is 7.62. The van der Waals surface area contributed by atoms with Gasteiger partial charge in [0.25, 0.3) is 0 Å². The van der Waals surface area contributed by atoms with E-state index in [1.165, 1.54) is 0 Å². The summed E-state index contributed by atoms with van der Waals surface area (Å²) in [6.07, 6.45) is 0.0192. The van der Waals surface area contributed by atoms with Gasteiger partial charge in [-0.05, 0) is 17.8 Å². The summed E-state index contributed by atoms with van der Waals surface area (Å²) >= 11 is 0. The zero-order chi connectivity index (χ0) is 9.09. The average Bonchev–Trinajstić information content (AvgIpc) is 2.31. The summed E-state index contributed by atoms with van der Waals surface area (Å²) in [6.45, 7) is 8.18. The van der Waals surface area contributed by atoms with Crippen LogP contribution >= 0.6 is 0 Å². The van der Waals surface area contributed by atoms with Gasteiger partial charge in [0.1, 0.15) is 0 Å². The molecule has 2 heteroatoms. The molecule has 12 heavy (non-hydrogen) atoms. The number of rotatable bonds is 0. The minimum Gasteiger partial charge on any atom is -0.392 e. The Morgan fingerprint density at radius 1 is 1.42 bits per heavy atom. The number of aliphatic hydroxyl groups is 2. The fourth-order valence-corrected chi connectivity index (χ4v) is 2.85. The topological polar surface area (TPSA) is 40.5 Å². The predicted molar refractivity (Wildman–Crippen MR) is 46.5 cm³/mol. The van der Waals surface area contributed by atoms with E-state index >= 15 is 0 Å². The van der Waals surface area contributed by atoms with Gasteiger partial charge in [-0.1, -0.05) is 26.0 Å². The van der Waals surface area contributed by atoms with Crippen LogP contribution in [0.15, 0.2) is 12.2 Å². The summed E-state index contributed by atoms with van der Waals surface area (Å²) in [5.41, 5.74) is 1.04. The van der Waals surface area contributed by atoms with Gasteiger partial charge in [0, 0.05) is 5.92 Å². The molecular weight excluding hydrogens is 152 g/mol. The van der Waals surface area contributed by atoms with Gasteiger partial charge in [0.05, 0.1) is 12.2 Å². The Kier molecular flexibility index (Phi) is 1.46. The van der Waals surface area contributed by atoms with Gasteiger partial charge in [0.2, 0.25) is 0 Å². The highest BCUT2D eigenvalue weighted by Gasteiger charge is 2.58. The zero-order valence-electron chi connectivity index (χ0n) is 7.62. The first-order valence-corrected chi connectivity index (χ1v) is 4.51. The molecule has 2 rings (SSSR count). The molecule has 2 N–H and O–H groups in total. The Bertz CT molecular complexity index is 232. The molecule has 0 spiro atoms. The molecule has 2 aliphatic rings. The van der Waals surface area contributed by atoms with Crippen molar-refractivity contribution in [2.75, 3.05) is 0 Å². The van der Waals surface area contributed by atoms with E-state index in [0.29, 0.717) is 0 Å². The lowest BCUT2D eigenvalue weighted by Crippen LogP contribution is -2.29. The molecule has 2 fully saturated rings. The van der Waals surface area contributed by atoms with Crippen LogP contribution in [0.5, 0.6) is 0 Å². The lowest BCUT2D eigenvalue weighted by atomic mass is 9.72. The van der Waals surface area contributed by atoms with Gasteiger partial charge >= 0.3 is 0 Å². The Morgan fingerprint density at radius 2 is 2.00 bits per heavy atom. The Morgan fingerprint density at radius 3 is 2.33 bits per heavy atom. The van der Waals surface area contributed by atoms with Gasteiger partial charge in [-0.3, -0.25) is 0 Å². The van der Waals surface area contributed by atoms with Gasteiger partial charge in [-0.15, -0.1) is 0 Å². The Labute approximate surface area is 72.9 Å². The molecule has 0 heterocycles. The fraction of sp³-hybridized carbons (Fsp3) is 0.800. The summed E-state index contributed by atoms with van der Waals surface area (Å²) in [5.74, 6) is 0.148. The highest BCUT2D eigenvalue weighted by atomic mass is 16.3. The third kappa shape index (κ3) is 0.723. The first-order valence-electron chi connectivity index (χ1n) is 4.51. The molecule has 0 radical (unpaired) electrons.